The number of sulfonamides is 1. The van der Waals surface area contributed by atoms with E-state index in [0.29, 0.717) is 18.8 Å². The second-order valence-corrected chi connectivity index (χ2v) is 6.34. The summed E-state index contributed by atoms with van der Waals surface area (Å²) in [7, 11) is -3.51. The summed E-state index contributed by atoms with van der Waals surface area (Å²) in [4.78, 5) is 0. The summed E-state index contributed by atoms with van der Waals surface area (Å²) < 4.78 is 31.5. The third kappa shape index (κ3) is 4.80. The highest BCUT2D eigenvalue weighted by Crippen LogP contribution is 2.13. The highest BCUT2D eigenvalue weighted by molar-refractivity contribution is 7.89. The van der Waals surface area contributed by atoms with Crippen LogP contribution in [0.1, 0.15) is 33.0 Å². The highest BCUT2D eigenvalue weighted by atomic mass is 32.2. The van der Waals surface area contributed by atoms with E-state index in [0.717, 1.165) is 13.0 Å². The van der Waals surface area contributed by atoms with Crippen molar-refractivity contribution in [2.75, 3.05) is 13.1 Å². The van der Waals surface area contributed by atoms with Crippen molar-refractivity contribution in [2.45, 2.75) is 38.8 Å². The molecule has 18 heavy (non-hydrogen) atoms. The van der Waals surface area contributed by atoms with Gasteiger partial charge >= 0.3 is 0 Å². The first kappa shape index (κ1) is 15.2. The van der Waals surface area contributed by atoms with Crippen molar-refractivity contribution in [3.8, 4) is 0 Å². The highest BCUT2D eigenvalue weighted by Gasteiger charge is 2.18. The molecule has 0 spiro atoms. The zero-order chi connectivity index (χ0) is 13.6. The third-order valence-electron chi connectivity index (χ3n) is 2.31. The molecule has 5 nitrogen and oxygen atoms in total. The van der Waals surface area contributed by atoms with Gasteiger partial charge in [0.25, 0.3) is 10.0 Å². The summed E-state index contributed by atoms with van der Waals surface area (Å²) in [5.74, 6) is 0.897. The molecule has 0 aliphatic rings. The SMILES string of the molecule is CCCNCc1ccc(S(=O)(=O)NCC(C)C)o1. The van der Waals surface area contributed by atoms with Crippen LogP contribution in [-0.4, -0.2) is 21.5 Å². The lowest BCUT2D eigenvalue weighted by Crippen LogP contribution is -2.27. The Hall–Kier alpha value is -0.850. The molecular formula is C12H22N2O3S. The molecule has 0 saturated carbocycles. The molecule has 0 atom stereocenters. The molecule has 6 heteroatoms. The summed E-state index contributed by atoms with van der Waals surface area (Å²) in [6.45, 7) is 7.81. The molecule has 0 fully saturated rings. The fraction of sp³-hybridized carbons (Fsp3) is 0.667. The van der Waals surface area contributed by atoms with Crippen LogP contribution in [0.5, 0.6) is 0 Å². The van der Waals surface area contributed by atoms with Gasteiger partial charge in [0.2, 0.25) is 5.09 Å². The van der Waals surface area contributed by atoms with E-state index >= 15 is 0 Å². The van der Waals surface area contributed by atoms with Crippen LogP contribution in [0.15, 0.2) is 21.6 Å². The van der Waals surface area contributed by atoms with E-state index in [9.17, 15) is 8.42 Å². The predicted molar refractivity (Wildman–Crippen MR) is 70.7 cm³/mol. The molecule has 2 N–H and O–H groups in total. The van der Waals surface area contributed by atoms with E-state index in [1.807, 2.05) is 13.8 Å². The molecule has 0 radical (unpaired) electrons. The summed E-state index contributed by atoms with van der Waals surface area (Å²) in [5.41, 5.74) is 0. The summed E-state index contributed by atoms with van der Waals surface area (Å²) >= 11 is 0. The molecule has 0 bridgehead atoms. The van der Waals surface area contributed by atoms with E-state index in [2.05, 4.69) is 17.0 Å². The van der Waals surface area contributed by atoms with Crippen LogP contribution in [0.25, 0.3) is 0 Å². The van der Waals surface area contributed by atoms with Crippen LogP contribution in [0, 0.1) is 5.92 Å². The summed E-state index contributed by atoms with van der Waals surface area (Å²) in [5, 5.41) is 3.14. The van der Waals surface area contributed by atoms with Gasteiger partial charge in [0, 0.05) is 6.54 Å². The molecule has 0 aromatic carbocycles. The fourth-order valence-corrected chi connectivity index (χ4v) is 2.49. The van der Waals surface area contributed by atoms with Crippen LogP contribution in [0.4, 0.5) is 0 Å². The lowest BCUT2D eigenvalue weighted by molar-refractivity contribution is 0.399. The zero-order valence-electron chi connectivity index (χ0n) is 11.2. The van der Waals surface area contributed by atoms with Gasteiger partial charge < -0.3 is 9.73 Å². The average molecular weight is 274 g/mol. The normalized spacial score (nSPS) is 12.2. The molecule has 0 aliphatic carbocycles. The average Bonchev–Trinajstić information content (AvgIpc) is 2.76. The van der Waals surface area contributed by atoms with Crippen molar-refractivity contribution in [1.29, 1.82) is 0 Å². The monoisotopic (exact) mass is 274 g/mol. The van der Waals surface area contributed by atoms with Gasteiger partial charge in [-0.15, -0.1) is 0 Å². The zero-order valence-corrected chi connectivity index (χ0v) is 12.0. The second kappa shape index (κ2) is 6.92. The minimum atomic E-state index is -3.51. The van der Waals surface area contributed by atoms with Gasteiger partial charge in [-0.05, 0) is 31.0 Å². The number of hydrogen-bond acceptors (Lipinski definition) is 4. The van der Waals surface area contributed by atoms with E-state index < -0.39 is 10.0 Å². The second-order valence-electron chi connectivity index (χ2n) is 4.64. The van der Waals surface area contributed by atoms with Gasteiger partial charge in [0.15, 0.2) is 0 Å². The Morgan fingerprint density at radius 1 is 1.33 bits per heavy atom. The Bertz CT molecular complexity index is 452. The maximum absolute atomic E-state index is 11.9. The quantitative estimate of drug-likeness (QED) is 0.708. The molecule has 104 valence electrons. The maximum Gasteiger partial charge on any atom is 0.273 e. The van der Waals surface area contributed by atoms with Crippen LogP contribution >= 0.6 is 0 Å². The molecule has 1 heterocycles. The van der Waals surface area contributed by atoms with Crippen LogP contribution in [0.3, 0.4) is 0 Å². The van der Waals surface area contributed by atoms with Crippen molar-refractivity contribution in [1.82, 2.24) is 10.0 Å². The lowest BCUT2D eigenvalue weighted by atomic mass is 10.2. The fourth-order valence-electron chi connectivity index (χ4n) is 1.33. The Morgan fingerprint density at radius 2 is 2.06 bits per heavy atom. The minimum Gasteiger partial charge on any atom is -0.447 e. The van der Waals surface area contributed by atoms with Gasteiger partial charge in [-0.3, -0.25) is 0 Å². The third-order valence-corrected chi connectivity index (χ3v) is 3.61. The summed E-state index contributed by atoms with van der Waals surface area (Å²) in [6.07, 6.45) is 1.03. The van der Waals surface area contributed by atoms with E-state index in [4.69, 9.17) is 4.42 Å². The van der Waals surface area contributed by atoms with E-state index in [1.165, 1.54) is 6.07 Å². The Kier molecular flexibility index (Phi) is 5.84. The smallest absolute Gasteiger partial charge is 0.273 e. The predicted octanol–water partition coefficient (Wildman–Crippen LogP) is 1.71. The molecule has 1 aromatic rings. The lowest BCUT2D eigenvalue weighted by Gasteiger charge is -2.06. The van der Waals surface area contributed by atoms with Crippen LogP contribution in [-0.2, 0) is 16.6 Å². The van der Waals surface area contributed by atoms with Gasteiger partial charge in [-0.25, -0.2) is 13.1 Å². The molecule has 0 aliphatic heterocycles. The largest absolute Gasteiger partial charge is 0.447 e. The molecule has 0 unspecified atom stereocenters. The number of hydrogen-bond donors (Lipinski definition) is 2. The van der Waals surface area contributed by atoms with Crippen molar-refractivity contribution in [3.63, 3.8) is 0 Å². The number of rotatable bonds is 8. The Balaban J connectivity index is 2.60. The van der Waals surface area contributed by atoms with Gasteiger partial charge in [-0.1, -0.05) is 20.8 Å². The molecule has 0 saturated heterocycles. The van der Waals surface area contributed by atoms with Crippen molar-refractivity contribution in [2.24, 2.45) is 5.92 Å². The van der Waals surface area contributed by atoms with E-state index in [-0.39, 0.29) is 11.0 Å². The first-order valence-electron chi connectivity index (χ1n) is 6.24. The molecule has 1 rings (SSSR count). The minimum absolute atomic E-state index is 0.0172. The standard InChI is InChI=1S/C12H22N2O3S/c1-4-7-13-9-11-5-6-12(17-11)18(15,16)14-8-10(2)3/h5-6,10,13-14H,4,7-9H2,1-3H3. The molecule has 0 amide bonds. The number of nitrogens with one attached hydrogen (secondary N) is 2. The Morgan fingerprint density at radius 3 is 2.67 bits per heavy atom. The van der Waals surface area contributed by atoms with Gasteiger partial charge in [0.1, 0.15) is 5.76 Å². The first-order valence-corrected chi connectivity index (χ1v) is 7.73. The molecular weight excluding hydrogens is 252 g/mol. The topological polar surface area (TPSA) is 71.3 Å². The van der Waals surface area contributed by atoms with Crippen molar-refractivity contribution in [3.05, 3.63) is 17.9 Å². The van der Waals surface area contributed by atoms with Crippen molar-refractivity contribution < 1.29 is 12.8 Å². The van der Waals surface area contributed by atoms with Crippen LogP contribution < -0.4 is 10.0 Å². The Labute approximate surface area is 109 Å². The van der Waals surface area contributed by atoms with Gasteiger partial charge in [-0.2, -0.15) is 0 Å². The van der Waals surface area contributed by atoms with Crippen LogP contribution in [0.2, 0.25) is 0 Å². The summed E-state index contributed by atoms with van der Waals surface area (Å²) in [6, 6.07) is 3.18. The number of furan rings is 1. The van der Waals surface area contributed by atoms with E-state index in [1.54, 1.807) is 6.07 Å². The van der Waals surface area contributed by atoms with Gasteiger partial charge in [0.05, 0.1) is 6.54 Å². The van der Waals surface area contributed by atoms with Crippen molar-refractivity contribution >= 4 is 10.0 Å². The molecule has 1 aromatic heterocycles. The maximum atomic E-state index is 11.9. The first-order chi connectivity index (χ1) is 8.45.